The monoisotopic (exact) mass is 729 g/mol. The maximum absolute atomic E-state index is 14.1. The summed E-state index contributed by atoms with van der Waals surface area (Å²) in [5, 5.41) is 30.3. The second-order valence-electron chi connectivity index (χ2n) is 16.8. The predicted molar refractivity (Wildman–Crippen MR) is 198 cm³/mol. The summed E-state index contributed by atoms with van der Waals surface area (Å²) in [7, 11) is 3.51. The number of methoxy groups -OCH3 is 2. The minimum absolute atomic E-state index is 0.0255. The van der Waals surface area contributed by atoms with E-state index in [4.69, 9.17) is 14.2 Å². The molecule has 6 aliphatic rings. The lowest BCUT2D eigenvalue weighted by atomic mass is 9.43. The number of likely N-dealkylation sites (tertiary alicyclic amines) is 1. The van der Waals surface area contributed by atoms with Gasteiger partial charge in [-0.1, -0.05) is 44.5 Å². The van der Waals surface area contributed by atoms with Gasteiger partial charge in [0.15, 0.2) is 0 Å². The molecule has 5 saturated carbocycles. The lowest BCUT2D eigenvalue weighted by molar-refractivity contribution is -0.275. The van der Waals surface area contributed by atoms with E-state index in [1.165, 1.54) is 0 Å². The molecule has 11 heteroatoms. The number of amides is 2. The van der Waals surface area contributed by atoms with Crippen molar-refractivity contribution in [3.63, 3.8) is 0 Å². The fourth-order valence-corrected chi connectivity index (χ4v) is 13.0. The smallest absolute Gasteiger partial charge is 0.340 e. The van der Waals surface area contributed by atoms with Crippen LogP contribution in [0.5, 0.6) is 0 Å². The largest absolute Gasteiger partial charge is 0.461 e. The number of unbranched alkanes of at least 4 members (excludes halogenated alkanes) is 1. The highest BCUT2D eigenvalue weighted by Crippen LogP contribution is 2.79. The second kappa shape index (κ2) is 13.7. The molecule has 5 aliphatic carbocycles. The molecule has 2 aromatic carbocycles. The normalized spacial score (nSPS) is 39.0. The van der Waals surface area contributed by atoms with Gasteiger partial charge in [0.1, 0.15) is 0 Å². The van der Waals surface area contributed by atoms with E-state index in [2.05, 4.69) is 22.5 Å². The number of nitrogens with one attached hydrogen (secondary N) is 2. The van der Waals surface area contributed by atoms with Crippen LogP contribution in [0.25, 0.3) is 0 Å². The van der Waals surface area contributed by atoms with E-state index in [0.717, 1.165) is 51.6 Å². The Morgan fingerprint density at radius 2 is 1.66 bits per heavy atom. The Kier molecular flexibility index (Phi) is 9.50. The number of hydrogen-bond acceptors (Lipinski definition) is 9. The minimum Gasteiger partial charge on any atom is -0.461 e. The SMILES string of the molecule is CCCCC(=O)Nc1ccccc1C(=O)Nc1ccccc1C(=O)OC[C@@]12CC[C@H](OC)C34C(C(C[C@@H]31)[C@@]1(O)C[C@H](OC)C3C[C@@H]4[C@@H]1[C@H]3O)N(CC)C2. The Bertz CT molecular complexity index is 1750. The highest BCUT2D eigenvalue weighted by Gasteiger charge is 2.83. The number of carbonyl (C=O) groups is 3. The van der Waals surface area contributed by atoms with E-state index in [0.29, 0.717) is 29.8 Å². The third-order valence-corrected chi connectivity index (χ3v) is 14.8. The maximum atomic E-state index is 14.1. The van der Waals surface area contributed by atoms with Crippen LogP contribution >= 0.6 is 0 Å². The number of esters is 1. The van der Waals surface area contributed by atoms with Crippen molar-refractivity contribution in [2.45, 2.75) is 95.2 Å². The summed E-state index contributed by atoms with van der Waals surface area (Å²) in [6, 6.07) is 13.8. The van der Waals surface area contributed by atoms with Crippen molar-refractivity contribution in [1.82, 2.24) is 4.90 Å². The van der Waals surface area contributed by atoms with Crippen LogP contribution in [-0.2, 0) is 19.0 Å². The summed E-state index contributed by atoms with van der Waals surface area (Å²) in [5.74, 6) is -1.22. The maximum Gasteiger partial charge on any atom is 0.340 e. The zero-order chi connectivity index (χ0) is 37.3. The first-order chi connectivity index (χ1) is 25.6. The van der Waals surface area contributed by atoms with Crippen LogP contribution in [-0.4, -0.2) is 96.8 Å². The highest BCUT2D eigenvalue weighted by atomic mass is 16.5. The molecule has 1 heterocycles. The first-order valence-corrected chi connectivity index (χ1v) is 19.7. The van der Waals surface area contributed by atoms with Crippen LogP contribution < -0.4 is 10.6 Å². The van der Waals surface area contributed by atoms with Crippen molar-refractivity contribution in [3.05, 3.63) is 59.7 Å². The summed E-state index contributed by atoms with van der Waals surface area (Å²) in [4.78, 5) is 42.8. The van der Waals surface area contributed by atoms with Crippen molar-refractivity contribution in [3.8, 4) is 0 Å². The molecule has 4 N–H and O–H groups in total. The third kappa shape index (κ3) is 5.35. The van der Waals surface area contributed by atoms with Gasteiger partial charge in [0.25, 0.3) is 5.91 Å². The fourth-order valence-electron chi connectivity index (χ4n) is 13.0. The number of ether oxygens (including phenoxy) is 3. The molecule has 0 aromatic heterocycles. The topological polar surface area (TPSA) is 147 Å². The van der Waals surface area contributed by atoms with Crippen LogP contribution in [0.15, 0.2) is 48.5 Å². The summed E-state index contributed by atoms with van der Waals surface area (Å²) < 4.78 is 18.7. The van der Waals surface area contributed by atoms with Gasteiger partial charge in [-0.2, -0.15) is 0 Å². The lowest BCUT2D eigenvalue weighted by Crippen LogP contribution is -2.76. The first kappa shape index (κ1) is 36.6. The molecule has 2 amide bonds. The van der Waals surface area contributed by atoms with Crippen LogP contribution in [0.3, 0.4) is 0 Å². The number of aliphatic hydroxyl groups is 2. The molecular formula is C42H55N3O8. The van der Waals surface area contributed by atoms with Crippen LogP contribution in [0, 0.1) is 40.4 Å². The zero-order valence-electron chi connectivity index (χ0n) is 31.4. The zero-order valence-corrected chi connectivity index (χ0v) is 31.4. The summed E-state index contributed by atoms with van der Waals surface area (Å²) in [6.45, 7) is 5.96. The molecule has 0 radical (unpaired) electrons. The number of anilines is 2. The van der Waals surface area contributed by atoms with Crippen LogP contribution in [0.4, 0.5) is 11.4 Å². The number of piperidine rings is 1. The van der Waals surface area contributed by atoms with Crippen molar-refractivity contribution in [2.75, 3.05) is 44.5 Å². The quantitative estimate of drug-likeness (QED) is 0.219. The second-order valence-corrected chi connectivity index (χ2v) is 16.8. The van der Waals surface area contributed by atoms with E-state index in [-0.39, 0.29) is 76.7 Å². The Labute approximate surface area is 312 Å². The molecule has 12 atom stereocenters. The fraction of sp³-hybridized carbons (Fsp3) is 0.643. The number of rotatable bonds is 12. The number of hydrogen-bond donors (Lipinski definition) is 4. The number of fused-ring (bicyclic) bond motifs is 2. The van der Waals surface area contributed by atoms with E-state index in [1.54, 1.807) is 55.6 Å². The molecule has 4 unspecified atom stereocenters. The van der Waals surface area contributed by atoms with E-state index >= 15 is 0 Å². The Morgan fingerprint density at radius 3 is 2.36 bits per heavy atom. The van der Waals surface area contributed by atoms with E-state index in [1.807, 2.05) is 14.0 Å². The van der Waals surface area contributed by atoms with Gasteiger partial charge in [-0.05, 0) is 74.8 Å². The average Bonchev–Trinajstić information content (AvgIpc) is 3.59. The van der Waals surface area contributed by atoms with Gasteiger partial charge in [0.05, 0.1) is 53.0 Å². The number of carbonyl (C=O) groups excluding carboxylic acids is 3. The Morgan fingerprint density at radius 1 is 0.943 bits per heavy atom. The summed E-state index contributed by atoms with van der Waals surface area (Å²) in [6.07, 6.45) is 4.93. The van der Waals surface area contributed by atoms with Gasteiger partial charge in [-0.3, -0.25) is 14.5 Å². The van der Waals surface area contributed by atoms with Crippen molar-refractivity contribution in [1.29, 1.82) is 0 Å². The molecule has 11 nitrogen and oxygen atoms in total. The molecule has 6 fully saturated rings. The van der Waals surface area contributed by atoms with Crippen molar-refractivity contribution in [2.24, 2.45) is 40.4 Å². The molecular weight excluding hydrogens is 674 g/mol. The Balaban J connectivity index is 1.06. The number of para-hydroxylation sites is 2. The van der Waals surface area contributed by atoms with Gasteiger partial charge in [0.2, 0.25) is 5.91 Å². The molecule has 1 spiro atoms. The standard InChI is InChI=1S/C42H55N3O8/c1-5-7-16-34(46)43-29-14-10-8-12-24(29)38(48)44-30-15-11-9-13-25(30)39(49)53-23-40-18-17-33(52-4)42-27-19-26-31(51-3)21-41(50,35(27)36(26)47)28(20-32(40)42)37(42)45(6-2)22-40/h8-15,26-28,31-33,35-37,47,50H,5-7,16-23H2,1-4H3,(H,43,46)(H,44,48)/t26?,27-,28?,31+,32-,33+,35-,36+,37?,40+,41+,42?/m1/s1. The van der Waals surface area contributed by atoms with Crippen LogP contribution in [0.1, 0.15) is 85.9 Å². The third-order valence-electron chi connectivity index (χ3n) is 14.8. The number of nitrogens with zero attached hydrogens (tertiary/aromatic N) is 1. The number of aliphatic hydroxyl groups excluding tert-OH is 1. The molecule has 8 rings (SSSR count). The molecule has 2 aromatic rings. The molecule has 1 saturated heterocycles. The van der Waals surface area contributed by atoms with Gasteiger partial charge in [-0.15, -0.1) is 0 Å². The van der Waals surface area contributed by atoms with Gasteiger partial charge < -0.3 is 35.1 Å². The van der Waals surface area contributed by atoms with Crippen LogP contribution in [0.2, 0.25) is 0 Å². The van der Waals surface area contributed by atoms with E-state index in [9.17, 15) is 24.6 Å². The Hall–Kier alpha value is -3.35. The average molecular weight is 730 g/mol. The van der Waals surface area contributed by atoms with Crippen molar-refractivity contribution < 1.29 is 38.8 Å². The molecule has 1 aliphatic heterocycles. The first-order valence-electron chi connectivity index (χ1n) is 19.7. The molecule has 53 heavy (non-hydrogen) atoms. The van der Waals surface area contributed by atoms with E-state index < -0.39 is 23.6 Å². The van der Waals surface area contributed by atoms with Gasteiger partial charge in [0, 0.05) is 68.2 Å². The van der Waals surface area contributed by atoms with Gasteiger partial charge in [-0.25, -0.2) is 4.79 Å². The number of benzene rings is 2. The summed E-state index contributed by atoms with van der Waals surface area (Å²) in [5.41, 5.74) is -0.406. The predicted octanol–water partition coefficient (Wildman–Crippen LogP) is 5.12. The highest BCUT2D eigenvalue weighted by molar-refractivity contribution is 6.12. The molecule has 286 valence electrons. The summed E-state index contributed by atoms with van der Waals surface area (Å²) >= 11 is 0. The van der Waals surface area contributed by atoms with Crippen molar-refractivity contribution >= 4 is 29.2 Å². The minimum atomic E-state index is -1.04. The lowest BCUT2D eigenvalue weighted by Gasteiger charge is -2.69. The molecule has 7 bridgehead atoms. The van der Waals surface area contributed by atoms with Gasteiger partial charge >= 0.3 is 5.97 Å².